The number of halogens is 1. The molecule has 0 bridgehead atoms. The quantitative estimate of drug-likeness (QED) is 0.935. The molecule has 2 aromatic rings. The van der Waals surface area contributed by atoms with Crippen LogP contribution in [0, 0.1) is 5.92 Å². The van der Waals surface area contributed by atoms with Crippen molar-refractivity contribution in [1.82, 2.24) is 20.0 Å². The summed E-state index contributed by atoms with van der Waals surface area (Å²) < 4.78 is 1.97. The van der Waals surface area contributed by atoms with Gasteiger partial charge >= 0.3 is 6.03 Å². The van der Waals surface area contributed by atoms with Gasteiger partial charge in [-0.3, -0.25) is 4.68 Å². The number of piperidine rings is 1. The van der Waals surface area contributed by atoms with E-state index >= 15 is 0 Å². The molecule has 0 atom stereocenters. The van der Waals surface area contributed by atoms with Gasteiger partial charge in [0.2, 0.25) is 0 Å². The number of benzene rings is 1. The molecule has 6 heteroatoms. The number of hydrogen-bond acceptors (Lipinski definition) is 2. The molecule has 0 saturated carbocycles. The van der Waals surface area contributed by atoms with Crippen LogP contribution in [0.25, 0.3) is 0 Å². The molecular weight excluding hydrogens is 312 g/mol. The fourth-order valence-corrected chi connectivity index (χ4v) is 3.01. The third-order valence-electron chi connectivity index (χ3n) is 4.26. The van der Waals surface area contributed by atoms with Gasteiger partial charge in [-0.05, 0) is 42.5 Å². The molecule has 1 fully saturated rings. The van der Waals surface area contributed by atoms with Gasteiger partial charge in [-0.1, -0.05) is 23.7 Å². The number of aromatic nitrogens is 2. The number of rotatable bonds is 4. The molecule has 3 rings (SSSR count). The Morgan fingerprint density at radius 3 is 2.65 bits per heavy atom. The molecule has 0 radical (unpaired) electrons. The minimum atomic E-state index is 0.0116. The normalized spacial score (nSPS) is 15.6. The summed E-state index contributed by atoms with van der Waals surface area (Å²) in [6.45, 7) is 3.08. The highest BCUT2D eigenvalue weighted by Gasteiger charge is 2.22. The molecule has 0 unspecified atom stereocenters. The Hall–Kier alpha value is -2.01. The summed E-state index contributed by atoms with van der Waals surface area (Å²) in [5.74, 6) is 0.593. The summed E-state index contributed by atoms with van der Waals surface area (Å²) in [6.07, 6.45) is 5.84. The van der Waals surface area contributed by atoms with Crippen molar-refractivity contribution < 1.29 is 4.79 Å². The lowest BCUT2D eigenvalue weighted by Crippen LogP contribution is -2.44. The summed E-state index contributed by atoms with van der Waals surface area (Å²) in [7, 11) is 0. The van der Waals surface area contributed by atoms with Crippen LogP contribution < -0.4 is 5.32 Å². The molecule has 122 valence electrons. The molecule has 2 amide bonds. The van der Waals surface area contributed by atoms with Crippen molar-refractivity contribution >= 4 is 17.6 Å². The van der Waals surface area contributed by atoms with Crippen molar-refractivity contribution in [2.75, 3.05) is 13.1 Å². The van der Waals surface area contributed by atoms with E-state index in [0.29, 0.717) is 17.5 Å². The van der Waals surface area contributed by atoms with Crippen molar-refractivity contribution in [3.05, 3.63) is 53.3 Å². The van der Waals surface area contributed by atoms with Gasteiger partial charge in [0.25, 0.3) is 0 Å². The minimum Gasteiger partial charge on any atom is -0.334 e. The SMILES string of the molecule is O=C(NCc1ccc(Cl)cc1)N1CCC(Cn2cccn2)CC1. The number of carbonyl (C=O) groups excluding carboxylic acids is 1. The Kier molecular flexibility index (Phi) is 5.18. The van der Waals surface area contributed by atoms with E-state index in [1.54, 1.807) is 6.20 Å². The average Bonchev–Trinajstić information content (AvgIpc) is 3.08. The molecule has 1 aliphatic rings. The van der Waals surface area contributed by atoms with Crippen LogP contribution in [0.5, 0.6) is 0 Å². The maximum Gasteiger partial charge on any atom is 0.317 e. The molecule has 2 heterocycles. The van der Waals surface area contributed by atoms with E-state index in [0.717, 1.165) is 38.0 Å². The molecule has 0 aliphatic carbocycles. The fraction of sp³-hybridized carbons (Fsp3) is 0.412. The second-order valence-electron chi connectivity index (χ2n) is 5.94. The maximum absolute atomic E-state index is 12.2. The molecule has 23 heavy (non-hydrogen) atoms. The van der Waals surface area contributed by atoms with E-state index in [1.165, 1.54) is 0 Å². The Balaban J connectivity index is 1.42. The van der Waals surface area contributed by atoms with Gasteiger partial charge < -0.3 is 10.2 Å². The van der Waals surface area contributed by atoms with Gasteiger partial charge in [0.05, 0.1) is 0 Å². The van der Waals surface area contributed by atoms with Gasteiger partial charge in [0.15, 0.2) is 0 Å². The monoisotopic (exact) mass is 332 g/mol. The molecular formula is C17H21ClN4O. The second-order valence-corrected chi connectivity index (χ2v) is 6.38. The standard InChI is InChI=1S/C17H21ClN4O/c18-16-4-2-14(3-5-16)12-19-17(23)21-10-6-15(7-11-21)13-22-9-1-8-20-22/h1-5,8-9,15H,6-7,10-13H2,(H,19,23). The number of hydrogen-bond donors (Lipinski definition) is 1. The van der Waals surface area contributed by atoms with Gasteiger partial charge in [0.1, 0.15) is 0 Å². The lowest BCUT2D eigenvalue weighted by Gasteiger charge is -2.32. The van der Waals surface area contributed by atoms with Gasteiger partial charge in [-0.25, -0.2) is 4.79 Å². The van der Waals surface area contributed by atoms with Crippen molar-refractivity contribution in [3.8, 4) is 0 Å². The summed E-state index contributed by atoms with van der Waals surface area (Å²) in [5.41, 5.74) is 1.05. The van der Waals surface area contributed by atoms with Crippen LogP contribution in [0.4, 0.5) is 4.79 Å². The lowest BCUT2D eigenvalue weighted by atomic mass is 9.97. The first-order chi connectivity index (χ1) is 11.2. The Morgan fingerprint density at radius 1 is 1.26 bits per heavy atom. The predicted octanol–water partition coefficient (Wildman–Crippen LogP) is 3.16. The molecule has 1 N–H and O–H groups in total. The number of amides is 2. The first-order valence-electron chi connectivity index (χ1n) is 7.95. The second kappa shape index (κ2) is 7.51. The molecule has 1 aromatic heterocycles. The first-order valence-corrected chi connectivity index (χ1v) is 8.33. The smallest absolute Gasteiger partial charge is 0.317 e. The van der Waals surface area contributed by atoms with Crippen LogP contribution in [0.15, 0.2) is 42.7 Å². The molecule has 0 spiro atoms. The van der Waals surface area contributed by atoms with E-state index in [-0.39, 0.29) is 6.03 Å². The summed E-state index contributed by atoms with van der Waals surface area (Å²) >= 11 is 5.86. The Morgan fingerprint density at radius 2 is 2.00 bits per heavy atom. The Labute approximate surface area is 141 Å². The van der Waals surface area contributed by atoms with Crippen LogP contribution in [0.1, 0.15) is 18.4 Å². The molecule has 5 nitrogen and oxygen atoms in total. The van der Waals surface area contributed by atoms with Gasteiger partial charge in [-0.2, -0.15) is 5.10 Å². The average molecular weight is 333 g/mol. The zero-order chi connectivity index (χ0) is 16.1. The third-order valence-corrected chi connectivity index (χ3v) is 4.52. The van der Waals surface area contributed by atoms with Gasteiger partial charge in [0, 0.05) is 43.6 Å². The van der Waals surface area contributed by atoms with E-state index in [1.807, 2.05) is 46.1 Å². The topological polar surface area (TPSA) is 50.2 Å². The highest BCUT2D eigenvalue weighted by atomic mass is 35.5. The van der Waals surface area contributed by atoms with E-state index in [9.17, 15) is 4.79 Å². The largest absolute Gasteiger partial charge is 0.334 e. The molecule has 1 saturated heterocycles. The zero-order valence-corrected chi connectivity index (χ0v) is 13.7. The number of nitrogens with one attached hydrogen (secondary N) is 1. The van der Waals surface area contributed by atoms with E-state index < -0.39 is 0 Å². The molecule has 1 aliphatic heterocycles. The lowest BCUT2D eigenvalue weighted by molar-refractivity contribution is 0.164. The zero-order valence-electron chi connectivity index (χ0n) is 13.0. The summed E-state index contributed by atoms with van der Waals surface area (Å²) in [6, 6.07) is 9.49. The number of nitrogens with zero attached hydrogens (tertiary/aromatic N) is 3. The van der Waals surface area contributed by atoms with Crippen LogP contribution >= 0.6 is 11.6 Å². The summed E-state index contributed by atoms with van der Waals surface area (Å²) in [5, 5.41) is 7.93. The van der Waals surface area contributed by atoms with Crippen LogP contribution in [-0.2, 0) is 13.1 Å². The van der Waals surface area contributed by atoms with Crippen LogP contribution in [0.2, 0.25) is 5.02 Å². The Bertz CT molecular complexity index is 619. The van der Waals surface area contributed by atoms with E-state index in [2.05, 4.69) is 10.4 Å². The minimum absolute atomic E-state index is 0.0116. The molecule has 1 aromatic carbocycles. The third kappa shape index (κ3) is 4.48. The maximum atomic E-state index is 12.2. The number of carbonyl (C=O) groups is 1. The highest BCUT2D eigenvalue weighted by molar-refractivity contribution is 6.30. The van der Waals surface area contributed by atoms with E-state index in [4.69, 9.17) is 11.6 Å². The highest BCUT2D eigenvalue weighted by Crippen LogP contribution is 2.19. The first kappa shape index (κ1) is 15.9. The van der Waals surface area contributed by atoms with Gasteiger partial charge in [-0.15, -0.1) is 0 Å². The van der Waals surface area contributed by atoms with Crippen molar-refractivity contribution in [2.24, 2.45) is 5.92 Å². The van der Waals surface area contributed by atoms with Crippen LogP contribution in [-0.4, -0.2) is 33.8 Å². The number of likely N-dealkylation sites (tertiary alicyclic amines) is 1. The van der Waals surface area contributed by atoms with Crippen LogP contribution in [0.3, 0.4) is 0 Å². The fourth-order valence-electron chi connectivity index (χ4n) is 2.88. The van der Waals surface area contributed by atoms with Crippen molar-refractivity contribution in [2.45, 2.75) is 25.9 Å². The summed E-state index contributed by atoms with van der Waals surface area (Å²) in [4.78, 5) is 14.1. The number of urea groups is 1. The predicted molar refractivity (Wildman–Crippen MR) is 90.2 cm³/mol. The van der Waals surface area contributed by atoms with Crippen molar-refractivity contribution in [1.29, 1.82) is 0 Å². The van der Waals surface area contributed by atoms with Crippen molar-refractivity contribution in [3.63, 3.8) is 0 Å².